The molecular weight excluding hydrogens is 160 g/mol. The van der Waals surface area contributed by atoms with Crippen LogP contribution in [-0.4, -0.2) is 43.1 Å². The molecule has 5 heteroatoms. The topological polar surface area (TPSA) is 58.6 Å². The van der Waals surface area contributed by atoms with Crippen LogP contribution in [0.1, 0.15) is 6.92 Å². The molecule has 0 aromatic heterocycles. The van der Waals surface area contributed by atoms with Crippen LogP contribution in [0, 0.1) is 0 Å². The van der Waals surface area contributed by atoms with Gasteiger partial charge in [0.25, 0.3) is 0 Å². The summed E-state index contributed by atoms with van der Waals surface area (Å²) < 4.78 is 4.84. The van der Waals surface area contributed by atoms with E-state index in [4.69, 9.17) is 4.74 Å². The lowest BCUT2D eigenvalue weighted by molar-refractivity contribution is -0.127. The minimum absolute atomic E-state index is 0.104. The molecule has 1 aliphatic rings. The monoisotopic (exact) mass is 172 g/mol. The van der Waals surface area contributed by atoms with Crippen molar-refractivity contribution >= 4 is 11.9 Å². The smallest absolute Gasteiger partial charge is 0.324 e. The van der Waals surface area contributed by atoms with Crippen LogP contribution in [0.5, 0.6) is 0 Å². The number of imide groups is 1. The Hall–Kier alpha value is -1.10. The van der Waals surface area contributed by atoms with Crippen LogP contribution in [-0.2, 0) is 9.53 Å². The van der Waals surface area contributed by atoms with Crippen molar-refractivity contribution in [1.29, 1.82) is 0 Å². The zero-order chi connectivity index (χ0) is 9.14. The molecule has 1 fully saturated rings. The highest BCUT2D eigenvalue weighted by molar-refractivity contribution is 6.02. The summed E-state index contributed by atoms with van der Waals surface area (Å²) in [7, 11) is 1.54. The van der Waals surface area contributed by atoms with Crippen molar-refractivity contribution in [3.8, 4) is 0 Å². The first-order chi connectivity index (χ1) is 5.66. The van der Waals surface area contributed by atoms with Crippen LogP contribution in [0.25, 0.3) is 0 Å². The highest BCUT2D eigenvalue weighted by Crippen LogP contribution is 2.05. The van der Waals surface area contributed by atoms with Gasteiger partial charge in [0.2, 0.25) is 5.91 Å². The second-order valence-corrected chi connectivity index (χ2v) is 2.73. The van der Waals surface area contributed by atoms with Gasteiger partial charge in [-0.05, 0) is 6.92 Å². The van der Waals surface area contributed by atoms with Gasteiger partial charge in [-0.25, -0.2) is 4.79 Å². The van der Waals surface area contributed by atoms with E-state index in [-0.39, 0.29) is 24.5 Å². The molecule has 0 radical (unpaired) electrons. The molecule has 1 atom stereocenters. The summed E-state index contributed by atoms with van der Waals surface area (Å²) in [5.41, 5.74) is 0. The third kappa shape index (κ3) is 1.55. The second kappa shape index (κ2) is 3.53. The molecule has 0 spiro atoms. The number of nitrogens with one attached hydrogen (secondary N) is 1. The number of amides is 3. The van der Waals surface area contributed by atoms with Crippen molar-refractivity contribution in [3.63, 3.8) is 0 Å². The Bertz CT molecular complexity index is 189. The summed E-state index contributed by atoms with van der Waals surface area (Å²) in [6.07, 6.45) is 0. The Morgan fingerprint density at radius 3 is 2.75 bits per heavy atom. The summed E-state index contributed by atoms with van der Waals surface area (Å²) in [5, 5.41) is 2.44. The van der Waals surface area contributed by atoms with Crippen molar-refractivity contribution in [3.05, 3.63) is 0 Å². The molecule has 0 aromatic rings. The van der Waals surface area contributed by atoms with Crippen LogP contribution in [0.4, 0.5) is 4.79 Å². The van der Waals surface area contributed by atoms with Crippen LogP contribution in [0.3, 0.4) is 0 Å². The lowest BCUT2D eigenvalue weighted by atomic mass is 10.3. The van der Waals surface area contributed by atoms with Crippen molar-refractivity contribution in [2.75, 3.05) is 20.3 Å². The maximum Gasteiger partial charge on any atom is 0.324 e. The first-order valence-electron chi connectivity index (χ1n) is 3.75. The predicted molar refractivity (Wildman–Crippen MR) is 41.6 cm³/mol. The van der Waals surface area contributed by atoms with Gasteiger partial charge >= 0.3 is 6.03 Å². The number of ether oxygens (including phenoxy) is 1. The molecule has 1 heterocycles. The van der Waals surface area contributed by atoms with E-state index in [2.05, 4.69) is 5.32 Å². The highest BCUT2D eigenvalue weighted by Gasteiger charge is 2.32. The Balaban J connectivity index is 2.59. The van der Waals surface area contributed by atoms with Gasteiger partial charge in [-0.15, -0.1) is 0 Å². The first-order valence-corrected chi connectivity index (χ1v) is 3.75. The van der Waals surface area contributed by atoms with E-state index in [1.54, 1.807) is 6.92 Å². The van der Waals surface area contributed by atoms with Crippen molar-refractivity contribution < 1.29 is 14.3 Å². The van der Waals surface area contributed by atoms with Crippen LogP contribution in [0.15, 0.2) is 0 Å². The number of hydrogen-bond donors (Lipinski definition) is 1. The fourth-order valence-corrected chi connectivity index (χ4v) is 1.20. The SMILES string of the molecule is COC[C@@H](C)N1C(=O)CNC1=O. The van der Waals surface area contributed by atoms with Crippen molar-refractivity contribution in [1.82, 2.24) is 10.2 Å². The van der Waals surface area contributed by atoms with Crippen LogP contribution < -0.4 is 5.32 Å². The van der Waals surface area contributed by atoms with Crippen LogP contribution >= 0.6 is 0 Å². The fourth-order valence-electron chi connectivity index (χ4n) is 1.20. The normalized spacial score (nSPS) is 19.7. The lowest BCUT2D eigenvalue weighted by Gasteiger charge is -2.19. The van der Waals surface area contributed by atoms with E-state index in [1.165, 1.54) is 12.0 Å². The van der Waals surface area contributed by atoms with Crippen molar-refractivity contribution in [2.45, 2.75) is 13.0 Å². The van der Waals surface area contributed by atoms with Gasteiger partial charge in [0, 0.05) is 7.11 Å². The van der Waals surface area contributed by atoms with E-state index in [9.17, 15) is 9.59 Å². The Labute approximate surface area is 70.7 Å². The summed E-state index contributed by atoms with van der Waals surface area (Å²) in [5.74, 6) is -0.190. The number of hydrogen-bond acceptors (Lipinski definition) is 3. The second-order valence-electron chi connectivity index (χ2n) is 2.73. The number of rotatable bonds is 3. The van der Waals surface area contributed by atoms with Gasteiger partial charge in [0.1, 0.15) is 0 Å². The summed E-state index contributed by atoms with van der Waals surface area (Å²) in [4.78, 5) is 23.3. The molecule has 0 aliphatic carbocycles. The molecule has 1 saturated heterocycles. The average molecular weight is 172 g/mol. The summed E-state index contributed by atoms with van der Waals surface area (Å²) >= 11 is 0. The molecule has 1 rings (SSSR count). The average Bonchev–Trinajstić information content (AvgIpc) is 2.32. The zero-order valence-electron chi connectivity index (χ0n) is 7.16. The van der Waals surface area contributed by atoms with Crippen LogP contribution in [0.2, 0.25) is 0 Å². The molecule has 0 bridgehead atoms. The molecule has 0 unspecified atom stereocenters. The molecule has 12 heavy (non-hydrogen) atoms. The van der Waals surface area contributed by atoms with Gasteiger partial charge in [-0.2, -0.15) is 0 Å². The van der Waals surface area contributed by atoms with Gasteiger partial charge in [0.05, 0.1) is 19.2 Å². The number of urea groups is 1. The summed E-state index contributed by atoms with van der Waals surface area (Å²) in [6, 6.07) is -0.519. The minimum Gasteiger partial charge on any atom is -0.383 e. The molecule has 1 aliphatic heterocycles. The van der Waals surface area contributed by atoms with E-state index in [0.717, 1.165) is 0 Å². The zero-order valence-corrected chi connectivity index (χ0v) is 7.16. The molecule has 5 nitrogen and oxygen atoms in total. The van der Waals surface area contributed by atoms with E-state index >= 15 is 0 Å². The minimum atomic E-state index is -0.329. The molecule has 68 valence electrons. The quantitative estimate of drug-likeness (QED) is 0.588. The van der Waals surface area contributed by atoms with E-state index < -0.39 is 0 Å². The predicted octanol–water partition coefficient (Wildman–Crippen LogP) is -0.427. The third-order valence-corrected chi connectivity index (χ3v) is 1.73. The van der Waals surface area contributed by atoms with Gasteiger partial charge < -0.3 is 10.1 Å². The summed E-state index contributed by atoms with van der Waals surface area (Å²) in [6.45, 7) is 2.25. The largest absolute Gasteiger partial charge is 0.383 e. The number of carbonyl (C=O) groups is 2. The molecule has 0 saturated carbocycles. The molecule has 0 aromatic carbocycles. The Morgan fingerprint density at radius 1 is 1.67 bits per heavy atom. The molecule has 1 N–H and O–H groups in total. The molecule has 3 amide bonds. The number of carbonyl (C=O) groups excluding carboxylic acids is 2. The third-order valence-electron chi connectivity index (χ3n) is 1.73. The Kier molecular flexibility index (Phi) is 2.65. The lowest BCUT2D eigenvalue weighted by Crippen LogP contribution is -2.41. The van der Waals surface area contributed by atoms with E-state index in [0.29, 0.717) is 6.61 Å². The maximum atomic E-state index is 11.1. The standard InChI is InChI=1S/C7H12N2O3/c1-5(4-12-2)9-6(10)3-8-7(9)11/h5H,3-4H2,1-2H3,(H,8,11)/t5-/m1/s1. The first kappa shape index (κ1) is 8.99. The van der Waals surface area contributed by atoms with E-state index in [1.807, 2.05) is 0 Å². The van der Waals surface area contributed by atoms with Crippen molar-refractivity contribution in [2.24, 2.45) is 0 Å². The van der Waals surface area contributed by atoms with Gasteiger partial charge in [0.15, 0.2) is 0 Å². The molecular formula is C7H12N2O3. The number of nitrogens with zero attached hydrogens (tertiary/aromatic N) is 1. The maximum absolute atomic E-state index is 11.1. The Morgan fingerprint density at radius 2 is 2.33 bits per heavy atom. The van der Waals surface area contributed by atoms with Gasteiger partial charge in [-0.1, -0.05) is 0 Å². The fraction of sp³-hybridized carbons (Fsp3) is 0.714. The van der Waals surface area contributed by atoms with Gasteiger partial charge in [-0.3, -0.25) is 9.69 Å². The number of methoxy groups -OCH3 is 1. The highest BCUT2D eigenvalue weighted by atomic mass is 16.5.